The molecular formula is C14H13F3N6O2. The maximum absolute atomic E-state index is 13.6. The molecule has 8 nitrogen and oxygen atoms in total. The first-order valence-corrected chi connectivity index (χ1v) is 7.11. The number of carbonyl (C=O) groups is 1. The lowest BCUT2D eigenvalue weighted by molar-refractivity contribution is -0.0553. The van der Waals surface area contributed by atoms with Gasteiger partial charge in [0, 0.05) is 25.4 Å². The summed E-state index contributed by atoms with van der Waals surface area (Å²) in [7, 11) is 1.81. The molecule has 0 aliphatic rings. The Morgan fingerprint density at radius 3 is 2.84 bits per heavy atom. The summed E-state index contributed by atoms with van der Waals surface area (Å²) in [6, 6.07) is 0.780. The van der Waals surface area contributed by atoms with E-state index in [4.69, 9.17) is 0 Å². The number of carbonyl (C=O) groups excluding carboxylic acids is 1. The van der Waals surface area contributed by atoms with Crippen molar-refractivity contribution in [2.75, 3.05) is 0 Å². The molecule has 3 aromatic heterocycles. The predicted molar refractivity (Wildman–Crippen MR) is 78.7 cm³/mol. The molecule has 11 heteroatoms. The smallest absolute Gasteiger partial charge is 0.388 e. The summed E-state index contributed by atoms with van der Waals surface area (Å²) in [5.41, 5.74) is 1.30. The van der Waals surface area contributed by atoms with E-state index in [1.165, 1.54) is 4.63 Å². The number of aromatic nitrogens is 5. The molecule has 3 heterocycles. The van der Waals surface area contributed by atoms with Gasteiger partial charge in [-0.1, -0.05) is 0 Å². The van der Waals surface area contributed by atoms with Gasteiger partial charge in [0.1, 0.15) is 5.82 Å². The highest BCUT2D eigenvalue weighted by Crippen LogP contribution is 2.17. The highest BCUT2D eigenvalue weighted by molar-refractivity contribution is 5.94. The van der Waals surface area contributed by atoms with Gasteiger partial charge in [-0.15, -0.1) is 9.73 Å². The first-order chi connectivity index (χ1) is 11.9. The van der Waals surface area contributed by atoms with E-state index in [9.17, 15) is 18.0 Å². The molecule has 0 aliphatic carbocycles. The Morgan fingerprint density at radius 1 is 1.40 bits per heavy atom. The van der Waals surface area contributed by atoms with Crippen molar-refractivity contribution in [1.82, 2.24) is 29.7 Å². The second-order valence-electron chi connectivity index (χ2n) is 5.16. The Labute approximate surface area is 139 Å². The quantitative estimate of drug-likeness (QED) is 0.749. The Kier molecular flexibility index (Phi) is 4.30. The number of ether oxygens (including phenoxy) is 1. The maximum Gasteiger partial charge on any atom is 0.388 e. The standard InChI is InChI=1S/C14H13F3N6O2/c1-7-21-23-13(22(7)2)9(6-20-23)5-18-11(24)8-3-10(15)12(19-4-8)25-14(16)17/h3-4,6,14H,5H2,1-2H3,(H,18,24). The van der Waals surface area contributed by atoms with Gasteiger partial charge in [-0.3, -0.25) is 4.79 Å². The van der Waals surface area contributed by atoms with E-state index in [1.807, 2.05) is 18.5 Å². The van der Waals surface area contributed by atoms with E-state index >= 15 is 0 Å². The van der Waals surface area contributed by atoms with Crippen LogP contribution < -0.4 is 10.1 Å². The Bertz CT molecular complexity index is 936. The number of alkyl halides is 2. The normalized spacial score (nSPS) is 11.3. The van der Waals surface area contributed by atoms with Crippen molar-refractivity contribution in [2.24, 2.45) is 7.05 Å². The summed E-state index contributed by atoms with van der Waals surface area (Å²) in [6.45, 7) is -1.26. The Balaban J connectivity index is 1.73. The number of halogens is 3. The van der Waals surface area contributed by atoms with E-state index < -0.39 is 24.2 Å². The molecule has 0 unspecified atom stereocenters. The fourth-order valence-corrected chi connectivity index (χ4v) is 2.27. The van der Waals surface area contributed by atoms with Crippen LogP contribution in [-0.4, -0.2) is 36.9 Å². The van der Waals surface area contributed by atoms with Crippen molar-refractivity contribution in [3.05, 3.63) is 41.2 Å². The van der Waals surface area contributed by atoms with Gasteiger partial charge < -0.3 is 14.6 Å². The van der Waals surface area contributed by atoms with Crippen LogP contribution in [0, 0.1) is 12.7 Å². The molecule has 3 aromatic rings. The van der Waals surface area contributed by atoms with E-state index in [0.717, 1.165) is 18.1 Å². The highest BCUT2D eigenvalue weighted by atomic mass is 19.3. The summed E-state index contributed by atoms with van der Waals surface area (Å²) in [5.74, 6) is -1.89. The molecule has 0 aliphatic heterocycles. The average Bonchev–Trinajstić information content (AvgIpc) is 3.07. The zero-order valence-electron chi connectivity index (χ0n) is 13.2. The summed E-state index contributed by atoms with van der Waals surface area (Å²) in [4.78, 5) is 15.5. The minimum atomic E-state index is -3.20. The summed E-state index contributed by atoms with van der Waals surface area (Å²) < 4.78 is 44.9. The van der Waals surface area contributed by atoms with Gasteiger partial charge in [0.2, 0.25) is 0 Å². The third kappa shape index (κ3) is 3.25. The Morgan fingerprint density at radius 2 is 2.16 bits per heavy atom. The molecule has 0 atom stereocenters. The van der Waals surface area contributed by atoms with Crippen molar-refractivity contribution in [3.63, 3.8) is 0 Å². The van der Waals surface area contributed by atoms with Crippen LogP contribution in [0.1, 0.15) is 21.7 Å². The number of hydrogen-bond donors (Lipinski definition) is 1. The topological polar surface area (TPSA) is 86.3 Å². The summed E-state index contributed by atoms with van der Waals surface area (Å²) in [6.07, 6.45) is 2.51. The van der Waals surface area contributed by atoms with Gasteiger partial charge in [-0.2, -0.15) is 13.9 Å². The monoisotopic (exact) mass is 354 g/mol. The van der Waals surface area contributed by atoms with Crippen LogP contribution in [0.4, 0.5) is 13.2 Å². The lowest BCUT2D eigenvalue weighted by Crippen LogP contribution is -2.23. The average molecular weight is 354 g/mol. The lowest BCUT2D eigenvalue weighted by Gasteiger charge is -2.07. The number of aryl methyl sites for hydroxylation is 2. The van der Waals surface area contributed by atoms with Crippen molar-refractivity contribution in [3.8, 4) is 5.88 Å². The molecule has 0 fully saturated rings. The van der Waals surface area contributed by atoms with Gasteiger partial charge in [0.15, 0.2) is 11.5 Å². The van der Waals surface area contributed by atoms with Crippen LogP contribution in [0.15, 0.2) is 18.5 Å². The minimum Gasteiger partial charge on any atom is -0.414 e. The van der Waals surface area contributed by atoms with Crippen molar-refractivity contribution >= 4 is 11.6 Å². The molecule has 0 saturated carbocycles. The number of pyridine rings is 1. The van der Waals surface area contributed by atoms with Gasteiger partial charge in [-0.05, 0) is 13.0 Å². The van der Waals surface area contributed by atoms with Crippen molar-refractivity contribution in [2.45, 2.75) is 20.1 Å². The van der Waals surface area contributed by atoms with Crippen molar-refractivity contribution < 1.29 is 22.7 Å². The predicted octanol–water partition coefficient (Wildman–Crippen LogP) is 1.44. The van der Waals surface area contributed by atoms with E-state index in [0.29, 0.717) is 11.2 Å². The SMILES string of the molecule is Cc1nn2ncc(CNC(=O)c3cnc(OC(F)F)c(F)c3)c2n1C. The molecule has 0 bridgehead atoms. The lowest BCUT2D eigenvalue weighted by atomic mass is 10.2. The molecule has 1 amide bonds. The molecule has 132 valence electrons. The van der Waals surface area contributed by atoms with E-state index in [-0.39, 0.29) is 12.1 Å². The Hall–Kier alpha value is -3.11. The molecule has 0 saturated heterocycles. The number of rotatable bonds is 5. The number of nitrogens with zero attached hydrogens (tertiary/aromatic N) is 5. The van der Waals surface area contributed by atoms with Gasteiger partial charge in [-0.25, -0.2) is 9.37 Å². The van der Waals surface area contributed by atoms with Crippen LogP contribution in [-0.2, 0) is 13.6 Å². The highest BCUT2D eigenvalue weighted by Gasteiger charge is 2.16. The number of nitrogens with one attached hydrogen (secondary N) is 1. The molecule has 25 heavy (non-hydrogen) atoms. The fourth-order valence-electron chi connectivity index (χ4n) is 2.27. The maximum atomic E-state index is 13.6. The van der Waals surface area contributed by atoms with E-state index in [1.54, 1.807) is 6.20 Å². The fraction of sp³-hybridized carbons (Fsp3) is 0.286. The zero-order valence-corrected chi connectivity index (χ0v) is 13.2. The van der Waals surface area contributed by atoms with Gasteiger partial charge in [0.05, 0.1) is 11.8 Å². The largest absolute Gasteiger partial charge is 0.414 e. The van der Waals surface area contributed by atoms with Crippen LogP contribution in [0.5, 0.6) is 5.88 Å². The number of fused-ring (bicyclic) bond motifs is 1. The minimum absolute atomic E-state index is 0.122. The second-order valence-corrected chi connectivity index (χ2v) is 5.16. The number of amides is 1. The van der Waals surface area contributed by atoms with Gasteiger partial charge >= 0.3 is 6.61 Å². The molecular weight excluding hydrogens is 341 g/mol. The third-order valence-corrected chi connectivity index (χ3v) is 3.55. The van der Waals surface area contributed by atoms with Crippen LogP contribution >= 0.6 is 0 Å². The molecule has 0 aromatic carbocycles. The first-order valence-electron chi connectivity index (χ1n) is 7.11. The van der Waals surface area contributed by atoms with E-state index in [2.05, 4.69) is 25.2 Å². The second kappa shape index (κ2) is 6.42. The van der Waals surface area contributed by atoms with Gasteiger partial charge in [0.25, 0.3) is 11.8 Å². The molecule has 1 N–H and O–H groups in total. The number of hydrogen-bond acceptors (Lipinski definition) is 5. The van der Waals surface area contributed by atoms with Crippen molar-refractivity contribution in [1.29, 1.82) is 0 Å². The molecule has 0 spiro atoms. The van der Waals surface area contributed by atoms with Crippen LogP contribution in [0.3, 0.4) is 0 Å². The summed E-state index contributed by atoms with van der Waals surface area (Å²) in [5, 5.41) is 10.9. The molecule has 0 radical (unpaired) electrons. The summed E-state index contributed by atoms with van der Waals surface area (Å²) >= 11 is 0. The molecule has 3 rings (SSSR count). The first kappa shape index (κ1) is 16.7. The van der Waals surface area contributed by atoms with Crippen LogP contribution in [0.2, 0.25) is 0 Å². The third-order valence-electron chi connectivity index (χ3n) is 3.55. The van der Waals surface area contributed by atoms with Crippen LogP contribution in [0.25, 0.3) is 5.65 Å². The zero-order chi connectivity index (χ0) is 18.1.